The third kappa shape index (κ3) is 3.92. The fourth-order valence-corrected chi connectivity index (χ4v) is 4.52. The first-order chi connectivity index (χ1) is 15.9. The zero-order chi connectivity index (χ0) is 23.2. The average Bonchev–Trinajstić information content (AvgIpc) is 3.57. The number of aromatic nitrogens is 4. The molecule has 1 aliphatic carbocycles. The molecule has 0 spiro atoms. The van der Waals surface area contributed by atoms with E-state index in [4.69, 9.17) is 11.6 Å². The van der Waals surface area contributed by atoms with E-state index >= 15 is 0 Å². The highest BCUT2D eigenvalue weighted by Gasteiger charge is 2.31. The monoisotopic (exact) mass is 463 g/mol. The second-order valence-electron chi connectivity index (χ2n) is 9.06. The van der Waals surface area contributed by atoms with Gasteiger partial charge >= 0.3 is 0 Å². The molecule has 7 nitrogen and oxygen atoms in total. The molecule has 3 aromatic heterocycles. The lowest BCUT2D eigenvalue weighted by molar-refractivity contribution is 0.263. The van der Waals surface area contributed by atoms with Gasteiger partial charge in [-0.1, -0.05) is 41.9 Å². The van der Waals surface area contributed by atoms with Crippen LogP contribution in [0.2, 0.25) is 5.02 Å². The van der Waals surface area contributed by atoms with Crippen LogP contribution in [0.25, 0.3) is 16.6 Å². The Morgan fingerprint density at radius 1 is 1.21 bits per heavy atom. The summed E-state index contributed by atoms with van der Waals surface area (Å²) in [7, 11) is 0. The van der Waals surface area contributed by atoms with Gasteiger partial charge in [-0.05, 0) is 44.2 Å². The van der Waals surface area contributed by atoms with Gasteiger partial charge in [0.05, 0.1) is 52.2 Å². The van der Waals surface area contributed by atoms with E-state index in [1.807, 2.05) is 28.9 Å². The summed E-state index contributed by atoms with van der Waals surface area (Å²) in [5, 5.41) is 18.4. The van der Waals surface area contributed by atoms with Gasteiger partial charge < -0.3 is 10.4 Å². The van der Waals surface area contributed by atoms with Crippen molar-refractivity contribution < 1.29 is 5.11 Å². The summed E-state index contributed by atoms with van der Waals surface area (Å²) in [5.41, 5.74) is 1.74. The molecule has 8 heteroatoms. The molecule has 0 bridgehead atoms. The molecule has 170 valence electrons. The lowest BCUT2D eigenvalue weighted by Crippen LogP contribution is -2.29. The molecule has 33 heavy (non-hydrogen) atoms. The lowest BCUT2D eigenvalue weighted by Gasteiger charge is -2.27. The number of rotatable bonds is 7. The Bertz CT molecular complexity index is 1360. The van der Waals surface area contributed by atoms with Crippen LogP contribution >= 0.6 is 11.6 Å². The molecule has 1 aromatic carbocycles. The third-order valence-electron chi connectivity index (χ3n) is 6.46. The summed E-state index contributed by atoms with van der Waals surface area (Å²) >= 11 is 6.44. The number of halogens is 1. The van der Waals surface area contributed by atoms with Crippen LogP contribution in [0.4, 0.5) is 5.82 Å². The van der Waals surface area contributed by atoms with E-state index in [1.54, 1.807) is 18.5 Å². The van der Waals surface area contributed by atoms with Crippen LogP contribution in [0.3, 0.4) is 0 Å². The molecule has 0 saturated heterocycles. The number of hydrogen-bond donors (Lipinski definition) is 2. The maximum Gasteiger partial charge on any atom is 0.266 e. The smallest absolute Gasteiger partial charge is 0.266 e. The van der Waals surface area contributed by atoms with E-state index in [1.165, 1.54) is 10.8 Å². The number of hydrogen-bond acceptors (Lipinski definition) is 5. The summed E-state index contributed by atoms with van der Waals surface area (Å²) in [6.07, 6.45) is 7.05. The van der Waals surface area contributed by atoms with Crippen molar-refractivity contribution in [2.45, 2.75) is 38.3 Å². The zero-order valence-electron chi connectivity index (χ0n) is 18.6. The van der Waals surface area contributed by atoms with Crippen LogP contribution in [0.15, 0.2) is 65.8 Å². The van der Waals surface area contributed by atoms with Gasteiger partial charge in [0, 0.05) is 12.3 Å². The van der Waals surface area contributed by atoms with Crippen LogP contribution in [-0.4, -0.2) is 37.1 Å². The van der Waals surface area contributed by atoms with Crippen molar-refractivity contribution in [2.75, 3.05) is 11.9 Å². The zero-order valence-corrected chi connectivity index (χ0v) is 19.3. The number of nitrogens with one attached hydrogen (secondary N) is 1. The number of pyridine rings is 2. The van der Waals surface area contributed by atoms with Crippen molar-refractivity contribution in [1.82, 2.24) is 19.3 Å². The Morgan fingerprint density at radius 2 is 1.97 bits per heavy atom. The molecule has 4 aromatic rings. The van der Waals surface area contributed by atoms with Crippen molar-refractivity contribution in [2.24, 2.45) is 5.92 Å². The summed E-state index contributed by atoms with van der Waals surface area (Å²) in [6, 6.07) is 13.7. The predicted molar refractivity (Wildman–Crippen MR) is 130 cm³/mol. The molecular weight excluding hydrogens is 438 g/mol. The quantitative estimate of drug-likeness (QED) is 0.429. The SMILES string of the molecule is CC(C)(c1ccccc1)n1ncc2c(=O)n(-c3cc(N[C@H](CO)C4CC4)ncc3Cl)ccc21. The van der Waals surface area contributed by atoms with E-state index in [0.29, 0.717) is 27.8 Å². The normalized spacial score (nSPS) is 15.0. The second-order valence-corrected chi connectivity index (χ2v) is 9.47. The second kappa shape index (κ2) is 8.32. The van der Waals surface area contributed by atoms with E-state index in [0.717, 1.165) is 23.9 Å². The largest absolute Gasteiger partial charge is 0.394 e. The lowest BCUT2D eigenvalue weighted by atomic mass is 9.94. The minimum atomic E-state index is -0.435. The number of anilines is 1. The van der Waals surface area contributed by atoms with Crippen LogP contribution in [0.5, 0.6) is 0 Å². The molecule has 2 N–H and O–H groups in total. The van der Waals surface area contributed by atoms with Crippen molar-refractivity contribution in [1.29, 1.82) is 0 Å². The average molecular weight is 464 g/mol. The number of aliphatic hydroxyl groups excluding tert-OH is 1. The molecule has 0 aliphatic heterocycles. The van der Waals surface area contributed by atoms with Crippen LogP contribution < -0.4 is 10.9 Å². The molecule has 1 fully saturated rings. The molecule has 0 amide bonds. The molecule has 0 unspecified atom stereocenters. The maximum absolute atomic E-state index is 13.4. The van der Waals surface area contributed by atoms with Gasteiger partial charge in [-0.2, -0.15) is 5.10 Å². The number of benzene rings is 1. The molecule has 0 radical (unpaired) electrons. The highest BCUT2D eigenvalue weighted by molar-refractivity contribution is 6.32. The first kappa shape index (κ1) is 21.7. The maximum atomic E-state index is 13.4. The summed E-state index contributed by atoms with van der Waals surface area (Å²) < 4.78 is 3.40. The highest BCUT2D eigenvalue weighted by Crippen LogP contribution is 2.34. The van der Waals surface area contributed by atoms with Crippen LogP contribution in [0, 0.1) is 5.92 Å². The Morgan fingerprint density at radius 3 is 2.67 bits per heavy atom. The topological polar surface area (TPSA) is 85.0 Å². The fraction of sp³-hybridized carbons (Fsp3) is 0.320. The Kier molecular flexibility index (Phi) is 5.46. The summed E-state index contributed by atoms with van der Waals surface area (Å²) in [5.74, 6) is 1.03. The number of fused-ring (bicyclic) bond motifs is 1. The van der Waals surface area contributed by atoms with E-state index in [9.17, 15) is 9.90 Å². The van der Waals surface area contributed by atoms with Gasteiger partial charge in [0.25, 0.3) is 5.56 Å². The third-order valence-corrected chi connectivity index (χ3v) is 6.75. The Labute approximate surface area is 196 Å². The number of aliphatic hydroxyl groups is 1. The Hall–Kier alpha value is -3.16. The standard InChI is InChI=1S/C25H26ClN5O2/c1-25(2,17-6-4-3-5-7-17)31-21-10-11-30(24(33)18(21)13-28-31)22-12-23(27-14-19(22)26)29-20(15-32)16-8-9-16/h3-7,10-14,16,20,32H,8-9,15H2,1-2H3,(H,27,29)/t20-/m1/s1. The first-order valence-corrected chi connectivity index (χ1v) is 11.5. The summed E-state index contributed by atoms with van der Waals surface area (Å²) in [6.45, 7) is 4.19. The molecular formula is C25H26ClN5O2. The fourth-order valence-electron chi connectivity index (χ4n) is 4.32. The van der Waals surface area contributed by atoms with E-state index in [-0.39, 0.29) is 18.2 Å². The van der Waals surface area contributed by atoms with Crippen LogP contribution in [0.1, 0.15) is 32.3 Å². The molecule has 1 atom stereocenters. The van der Waals surface area contributed by atoms with Gasteiger partial charge in [0.1, 0.15) is 5.82 Å². The van der Waals surface area contributed by atoms with Crippen molar-refractivity contribution in [3.05, 3.63) is 82.0 Å². The van der Waals surface area contributed by atoms with Gasteiger partial charge in [-0.25, -0.2) is 4.98 Å². The van der Waals surface area contributed by atoms with Gasteiger partial charge in [-0.15, -0.1) is 0 Å². The molecule has 1 saturated carbocycles. The minimum Gasteiger partial charge on any atom is -0.394 e. The van der Waals surface area contributed by atoms with Crippen molar-refractivity contribution >= 4 is 28.3 Å². The first-order valence-electron chi connectivity index (χ1n) is 11.1. The Balaban J connectivity index is 1.55. The minimum absolute atomic E-state index is 0.0343. The van der Waals surface area contributed by atoms with Crippen molar-refractivity contribution in [3.63, 3.8) is 0 Å². The van der Waals surface area contributed by atoms with E-state index in [2.05, 4.69) is 41.4 Å². The van der Waals surface area contributed by atoms with Crippen molar-refractivity contribution in [3.8, 4) is 5.69 Å². The summed E-state index contributed by atoms with van der Waals surface area (Å²) in [4.78, 5) is 17.8. The van der Waals surface area contributed by atoms with Gasteiger partial charge in [0.2, 0.25) is 0 Å². The number of nitrogens with zero attached hydrogens (tertiary/aromatic N) is 4. The molecule has 1 aliphatic rings. The molecule has 5 rings (SSSR count). The molecule has 3 heterocycles. The van der Waals surface area contributed by atoms with E-state index < -0.39 is 5.54 Å². The highest BCUT2D eigenvalue weighted by atomic mass is 35.5. The van der Waals surface area contributed by atoms with Gasteiger partial charge in [-0.3, -0.25) is 14.0 Å². The van der Waals surface area contributed by atoms with Gasteiger partial charge in [0.15, 0.2) is 0 Å². The van der Waals surface area contributed by atoms with Crippen LogP contribution in [-0.2, 0) is 5.54 Å². The predicted octanol–water partition coefficient (Wildman–Crippen LogP) is 4.20.